The molecule has 1 aliphatic carbocycles. The van der Waals surface area contributed by atoms with Gasteiger partial charge >= 0.3 is 0 Å². The minimum absolute atomic E-state index is 0.225. The van der Waals surface area contributed by atoms with Gasteiger partial charge in [0.1, 0.15) is 5.75 Å². The van der Waals surface area contributed by atoms with Gasteiger partial charge in [0.15, 0.2) is 5.11 Å². The number of hydrogen-bond donors (Lipinski definition) is 2. The van der Waals surface area contributed by atoms with E-state index >= 15 is 0 Å². The van der Waals surface area contributed by atoms with Gasteiger partial charge in [0.05, 0.1) is 17.7 Å². The summed E-state index contributed by atoms with van der Waals surface area (Å²) < 4.78 is 32.4. The van der Waals surface area contributed by atoms with Crippen LogP contribution in [0.2, 0.25) is 0 Å². The summed E-state index contributed by atoms with van der Waals surface area (Å²) in [6.07, 6.45) is 4.75. The summed E-state index contributed by atoms with van der Waals surface area (Å²) >= 11 is 5.47. The van der Waals surface area contributed by atoms with Crippen molar-refractivity contribution in [2.45, 2.75) is 57.4 Å². The highest BCUT2D eigenvalue weighted by Gasteiger charge is 2.24. The van der Waals surface area contributed by atoms with Crippen LogP contribution in [0, 0.1) is 5.92 Å². The van der Waals surface area contributed by atoms with E-state index in [1.165, 1.54) is 23.6 Å². The first-order valence-electron chi connectivity index (χ1n) is 9.59. The lowest BCUT2D eigenvalue weighted by atomic mass is 9.86. The smallest absolute Gasteiger partial charge is 0.243 e. The van der Waals surface area contributed by atoms with E-state index in [-0.39, 0.29) is 4.90 Å². The molecule has 0 aromatic heterocycles. The maximum absolute atomic E-state index is 12.8. The topological polar surface area (TPSA) is 70.7 Å². The van der Waals surface area contributed by atoms with Crippen LogP contribution in [0.5, 0.6) is 5.75 Å². The van der Waals surface area contributed by atoms with E-state index in [9.17, 15) is 8.42 Å². The number of nitrogens with zero attached hydrogens (tertiary/aromatic N) is 1. The van der Waals surface area contributed by atoms with Gasteiger partial charge in [0.25, 0.3) is 0 Å². The van der Waals surface area contributed by atoms with Crippen LogP contribution >= 0.6 is 12.2 Å². The maximum Gasteiger partial charge on any atom is 0.243 e. The van der Waals surface area contributed by atoms with E-state index < -0.39 is 10.0 Å². The quantitative estimate of drug-likeness (QED) is 0.666. The van der Waals surface area contributed by atoms with Crippen molar-refractivity contribution in [1.29, 1.82) is 0 Å². The van der Waals surface area contributed by atoms with E-state index in [1.807, 2.05) is 13.8 Å². The Balaban J connectivity index is 2.21. The van der Waals surface area contributed by atoms with Crippen molar-refractivity contribution in [2.75, 3.05) is 25.5 Å². The summed E-state index contributed by atoms with van der Waals surface area (Å²) in [4.78, 5) is 0.225. The van der Waals surface area contributed by atoms with Crippen LogP contribution in [0.25, 0.3) is 0 Å². The van der Waals surface area contributed by atoms with Crippen LogP contribution in [-0.2, 0) is 10.0 Å². The molecule has 1 aromatic rings. The molecule has 0 heterocycles. The molecule has 0 aliphatic heterocycles. The molecular formula is C19H31N3O3S2. The molecule has 2 N–H and O–H groups in total. The second kappa shape index (κ2) is 9.71. The average molecular weight is 414 g/mol. The monoisotopic (exact) mass is 413 g/mol. The molecule has 8 heteroatoms. The van der Waals surface area contributed by atoms with Crippen LogP contribution < -0.4 is 15.4 Å². The highest BCUT2D eigenvalue weighted by molar-refractivity contribution is 7.89. The molecule has 27 heavy (non-hydrogen) atoms. The van der Waals surface area contributed by atoms with Gasteiger partial charge in [-0.1, -0.05) is 33.6 Å². The average Bonchev–Trinajstić information content (AvgIpc) is 2.64. The van der Waals surface area contributed by atoms with E-state index in [1.54, 1.807) is 25.3 Å². The van der Waals surface area contributed by atoms with Gasteiger partial charge < -0.3 is 15.4 Å². The number of rotatable bonds is 7. The first-order chi connectivity index (χ1) is 12.8. The number of benzene rings is 1. The van der Waals surface area contributed by atoms with Crippen molar-refractivity contribution < 1.29 is 13.2 Å². The van der Waals surface area contributed by atoms with Gasteiger partial charge in [0, 0.05) is 19.1 Å². The SMILES string of the molecule is CCN(CC)S(=O)(=O)c1ccc(OC)c(NC(=S)N[C@@H]2CCCC[C@H]2C)c1. The summed E-state index contributed by atoms with van der Waals surface area (Å²) in [5, 5.41) is 7.00. The van der Waals surface area contributed by atoms with Gasteiger partial charge in [-0.05, 0) is 49.2 Å². The Morgan fingerprint density at radius 3 is 2.52 bits per heavy atom. The lowest BCUT2D eigenvalue weighted by Crippen LogP contribution is -2.43. The molecule has 2 rings (SSSR count). The molecule has 2 atom stereocenters. The fourth-order valence-corrected chi connectivity index (χ4v) is 5.26. The number of methoxy groups -OCH3 is 1. The number of sulfonamides is 1. The molecule has 1 aliphatic rings. The largest absolute Gasteiger partial charge is 0.495 e. The highest BCUT2D eigenvalue weighted by Crippen LogP contribution is 2.29. The van der Waals surface area contributed by atoms with Crippen LogP contribution in [-0.4, -0.2) is 44.1 Å². The predicted molar refractivity (Wildman–Crippen MR) is 114 cm³/mol. The molecule has 1 aromatic carbocycles. The number of hydrogen-bond acceptors (Lipinski definition) is 4. The normalized spacial score (nSPS) is 20.3. The van der Waals surface area contributed by atoms with Crippen LogP contribution in [0.1, 0.15) is 46.5 Å². The van der Waals surface area contributed by atoms with E-state index in [4.69, 9.17) is 17.0 Å². The first-order valence-corrected chi connectivity index (χ1v) is 11.4. The summed E-state index contributed by atoms with van der Waals surface area (Å²) in [5.41, 5.74) is 0.548. The van der Waals surface area contributed by atoms with Crippen molar-refractivity contribution in [1.82, 2.24) is 9.62 Å². The number of anilines is 1. The zero-order valence-electron chi connectivity index (χ0n) is 16.6. The molecule has 0 radical (unpaired) electrons. The van der Waals surface area contributed by atoms with Crippen molar-refractivity contribution in [2.24, 2.45) is 5.92 Å². The third-order valence-corrected chi connectivity index (χ3v) is 7.46. The molecule has 152 valence electrons. The number of thiocarbonyl (C=S) groups is 1. The van der Waals surface area contributed by atoms with Crippen molar-refractivity contribution in [3.8, 4) is 5.75 Å². The second-order valence-electron chi connectivity index (χ2n) is 6.92. The Labute approximate surface area is 168 Å². The Morgan fingerprint density at radius 2 is 1.93 bits per heavy atom. The van der Waals surface area contributed by atoms with Crippen LogP contribution in [0.15, 0.2) is 23.1 Å². The van der Waals surface area contributed by atoms with Gasteiger partial charge in [-0.25, -0.2) is 8.42 Å². The fraction of sp³-hybridized carbons (Fsp3) is 0.632. The summed E-state index contributed by atoms with van der Waals surface area (Å²) in [5.74, 6) is 1.11. The Hall–Kier alpha value is -1.38. The van der Waals surface area contributed by atoms with Gasteiger partial charge in [0.2, 0.25) is 10.0 Å². The Morgan fingerprint density at radius 1 is 1.26 bits per heavy atom. The Bertz CT molecular complexity index is 749. The number of nitrogens with one attached hydrogen (secondary N) is 2. The minimum Gasteiger partial charge on any atom is -0.495 e. The standard InChI is InChI=1S/C19H31N3O3S2/c1-5-22(6-2)27(23,24)15-11-12-18(25-4)17(13-15)21-19(26)20-16-10-8-7-9-14(16)3/h11-14,16H,5-10H2,1-4H3,(H2,20,21,26)/t14-,16-/m1/s1. The van der Waals surface area contributed by atoms with Crippen LogP contribution in [0.3, 0.4) is 0 Å². The van der Waals surface area contributed by atoms with Gasteiger partial charge in [-0.3, -0.25) is 0 Å². The van der Waals surface area contributed by atoms with Gasteiger partial charge in [-0.2, -0.15) is 4.31 Å². The summed E-state index contributed by atoms with van der Waals surface area (Å²) in [7, 11) is -1.99. The molecule has 0 amide bonds. The number of ether oxygens (including phenoxy) is 1. The summed E-state index contributed by atoms with van der Waals surface area (Å²) in [6.45, 7) is 6.74. The zero-order chi connectivity index (χ0) is 20.0. The van der Waals surface area contributed by atoms with Gasteiger partial charge in [-0.15, -0.1) is 0 Å². The zero-order valence-corrected chi connectivity index (χ0v) is 18.3. The minimum atomic E-state index is -3.55. The molecule has 1 saturated carbocycles. The third-order valence-electron chi connectivity index (χ3n) is 5.19. The second-order valence-corrected chi connectivity index (χ2v) is 9.26. The van der Waals surface area contributed by atoms with E-state index in [0.29, 0.717) is 41.6 Å². The fourth-order valence-electron chi connectivity index (χ4n) is 3.52. The first kappa shape index (κ1) is 21.9. The lowest BCUT2D eigenvalue weighted by molar-refractivity contribution is 0.309. The van der Waals surface area contributed by atoms with E-state index in [0.717, 1.165) is 6.42 Å². The van der Waals surface area contributed by atoms with Crippen molar-refractivity contribution in [3.05, 3.63) is 18.2 Å². The van der Waals surface area contributed by atoms with Crippen LogP contribution in [0.4, 0.5) is 5.69 Å². The lowest BCUT2D eigenvalue weighted by Gasteiger charge is -2.30. The molecular weight excluding hydrogens is 382 g/mol. The van der Waals surface area contributed by atoms with Crippen molar-refractivity contribution >= 4 is 33.0 Å². The maximum atomic E-state index is 12.8. The molecule has 0 bridgehead atoms. The van der Waals surface area contributed by atoms with E-state index in [2.05, 4.69) is 17.6 Å². The predicted octanol–water partition coefficient (Wildman–Crippen LogP) is 3.59. The molecule has 0 spiro atoms. The molecule has 6 nitrogen and oxygen atoms in total. The highest BCUT2D eigenvalue weighted by atomic mass is 32.2. The summed E-state index contributed by atoms with van der Waals surface area (Å²) in [6, 6.07) is 5.15. The molecule has 1 fully saturated rings. The molecule has 0 saturated heterocycles. The third kappa shape index (κ3) is 5.33. The molecule has 0 unspecified atom stereocenters. The van der Waals surface area contributed by atoms with Crippen molar-refractivity contribution in [3.63, 3.8) is 0 Å². The Kier molecular flexibility index (Phi) is 7.88.